The Morgan fingerprint density at radius 2 is 1.79 bits per heavy atom. The maximum Gasteiger partial charge on any atom is 0.0648 e. The molecule has 1 fully saturated rings. The van der Waals surface area contributed by atoms with Crippen LogP contribution in [-0.4, -0.2) is 10.7 Å². The Balaban J connectivity index is 2.21. The summed E-state index contributed by atoms with van der Waals surface area (Å²) < 4.78 is 0. The minimum Gasteiger partial charge on any atom is -0.390 e. The van der Waals surface area contributed by atoms with Gasteiger partial charge in [-0.2, -0.15) is 0 Å². The van der Waals surface area contributed by atoms with Gasteiger partial charge in [0.25, 0.3) is 0 Å². The average Bonchev–Trinajstić information content (AvgIpc) is 2.17. The topological polar surface area (TPSA) is 20.2 Å². The molecular formula is C13H26O. The van der Waals surface area contributed by atoms with Gasteiger partial charge >= 0.3 is 0 Å². The van der Waals surface area contributed by atoms with Crippen molar-refractivity contribution in [3.05, 3.63) is 0 Å². The molecule has 1 N–H and O–H groups in total. The van der Waals surface area contributed by atoms with Crippen LogP contribution in [0.25, 0.3) is 0 Å². The molecular weight excluding hydrogens is 172 g/mol. The second-order valence-corrected chi connectivity index (χ2v) is 5.22. The molecule has 14 heavy (non-hydrogen) atoms. The van der Waals surface area contributed by atoms with E-state index in [1.165, 1.54) is 38.5 Å². The van der Waals surface area contributed by atoms with Crippen LogP contribution in [-0.2, 0) is 0 Å². The van der Waals surface area contributed by atoms with E-state index in [0.717, 1.165) is 25.2 Å². The quantitative estimate of drug-likeness (QED) is 0.710. The number of hydrogen-bond acceptors (Lipinski definition) is 1. The van der Waals surface area contributed by atoms with Gasteiger partial charge in [-0.05, 0) is 31.6 Å². The lowest BCUT2D eigenvalue weighted by Gasteiger charge is -2.33. The molecule has 0 bridgehead atoms. The lowest BCUT2D eigenvalue weighted by atomic mass is 9.80. The van der Waals surface area contributed by atoms with Crippen LogP contribution in [0.5, 0.6) is 0 Å². The molecule has 1 unspecified atom stereocenters. The minimum atomic E-state index is -0.291. The fourth-order valence-corrected chi connectivity index (χ4v) is 2.61. The van der Waals surface area contributed by atoms with Crippen LogP contribution >= 0.6 is 0 Å². The molecule has 0 heterocycles. The van der Waals surface area contributed by atoms with Gasteiger partial charge in [-0.1, -0.05) is 46.0 Å². The van der Waals surface area contributed by atoms with E-state index >= 15 is 0 Å². The van der Waals surface area contributed by atoms with E-state index in [2.05, 4.69) is 13.8 Å². The average molecular weight is 198 g/mol. The fraction of sp³-hybridized carbons (Fsp3) is 1.00. The summed E-state index contributed by atoms with van der Waals surface area (Å²) in [4.78, 5) is 0. The second kappa shape index (κ2) is 5.75. The van der Waals surface area contributed by atoms with Crippen LogP contribution in [0.3, 0.4) is 0 Å². The summed E-state index contributed by atoms with van der Waals surface area (Å²) in [6, 6.07) is 0. The van der Waals surface area contributed by atoms with Crippen LogP contribution in [0.2, 0.25) is 0 Å². The van der Waals surface area contributed by atoms with Crippen molar-refractivity contribution < 1.29 is 5.11 Å². The molecule has 0 amide bonds. The van der Waals surface area contributed by atoms with Gasteiger partial charge in [0.1, 0.15) is 0 Å². The SMILES string of the molecule is CCCC(C)CCC1(O)CCCCC1. The van der Waals surface area contributed by atoms with E-state index in [9.17, 15) is 5.11 Å². The van der Waals surface area contributed by atoms with E-state index in [1.807, 2.05) is 0 Å². The maximum absolute atomic E-state index is 10.3. The Hall–Kier alpha value is -0.0400. The first-order valence-corrected chi connectivity index (χ1v) is 6.39. The van der Waals surface area contributed by atoms with Gasteiger partial charge in [0, 0.05) is 0 Å². The number of aliphatic hydroxyl groups is 1. The summed E-state index contributed by atoms with van der Waals surface area (Å²) >= 11 is 0. The minimum absolute atomic E-state index is 0.291. The van der Waals surface area contributed by atoms with Crippen LogP contribution in [0, 0.1) is 5.92 Å². The standard InChI is InChI=1S/C13H26O/c1-3-7-12(2)8-11-13(14)9-5-4-6-10-13/h12,14H,3-11H2,1-2H3. The van der Waals surface area contributed by atoms with Gasteiger partial charge < -0.3 is 5.11 Å². The Bertz CT molecular complexity index is 147. The first-order valence-electron chi connectivity index (χ1n) is 6.39. The monoisotopic (exact) mass is 198 g/mol. The van der Waals surface area contributed by atoms with Crippen molar-refractivity contribution in [3.8, 4) is 0 Å². The third-order valence-corrected chi connectivity index (χ3v) is 3.67. The molecule has 0 aromatic carbocycles. The third-order valence-electron chi connectivity index (χ3n) is 3.67. The van der Waals surface area contributed by atoms with Gasteiger partial charge in [-0.15, -0.1) is 0 Å². The molecule has 0 spiro atoms. The second-order valence-electron chi connectivity index (χ2n) is 5.22. The van der Waals surface area contributed by atoms with Crippen molar-refractivity contribution in [3.63, 3.8) is 0 Å². The van der Waals surface area contributed by atoms with Crippen molar-refractivity contribution in [2.45, 2.75) is 77.2 Å². The summed E-state index contributed by atoms with van der Waals surface area (Å²) in [5.74, 6) is 0.797. The summed E-state index contributed by atoms with van der Waals surface area (Å²) in [6.45, 7) is 4.56. The molecule has 1 nitrogen and oxygen atoms in total. The van der Waals surface area contributed by atoms with Gasteiger partial charge in [-0.25, -0.2) is 0 Å². The molecule has 0 radical (unpaired) electrons. The van der Waals surface area contributed by atoms with Crippen LogP contribution in [0.15, 0.2) is 0 Å². The number of hydrogen-bond donors (Lipinski definition) is 1. The Morgan fingerprint density at radius 3 is 2.36 bits per heavy atom. The molecule has 0 saturated heterocycles. The first kappa shape index (κ1) is 12.0. The molecule has 1 atom stereocenters. The molecule has 1 heteroatoms. The zero-order valence-corrected chi connectivity index (χ0v) is 9.89. The highest BCUT2D eigenvalue weighted by molar-refractivity contribution is 4.82. The van der Waals surface area contributed by atoms with Crippen molar-refractivity contribution >= 4 is 0 Å². The van der Waals surface area contributed by atoms with E-state index in [4.69, 9.17) is 0 Å². The van der Waals surface area contributed by atoms with Gasteiger partial charge in [0.2, 0.25) is 0 Å². The summed E-state index contributed by atoms with van der Waals surface area (Å²) in [5.41, 5.74) is -0.291. The predicted octanol–water partition coefficient (Wildman–Crippen LogP) is 3.90. The third kappa shape index (κ3) is 4.00. The summed E-state index contributed by atoms with van der Waals surface area (Å²) in [5, 5.41) is 10.3. The summed E-state index contributed by atoms with van der Waals surface area (Å²) in [7, 11) is 0. The Morgan fingerprint density at radius 1 is 1.14 bits per heavy atom. The zero-order valence-electron chi connectivity index (χ0n) is 9.89. The van der Waals surface area contributed by atoms with Crippen LogP contribution < -0.4 is 0 Å². The van der Waals surface area contributed by atoms with Crippen LogP contribution in [0.4, 0.5) is 0 Å². The van der Waals surface area contributed by atoms with Crippen molar-refractivity contribution in [1.29, 1.82) is 0 Å². The molecule has 1 aliphatic rings. The normalized spacial score (nSPS) is 23.4. The van der Waals surface area contributed by atoms with E-state index < -0.39 is 0 Å². The van der Waals surface area contributed by atoms with Crippen molar-refractivity contribution in [2.24, 2.45) is 5.92 Å². The fourth-order valence-electron chi connectivity index (χ4n) is 2.61. The molecule has 1 aliphatic carbocycles. The van der Waals surface area contributed by atoms with Gasteiger partial charge in [0.15, 0.2) is 0 Å². The highest BCUT2D eigenvalue weighted by Gasteiger charge is 2.28. The van der Waals surface area contributed by atoms with Crippen LogP contribution in [0.1, 0.15) is 71.6 Å². The molecule has 1 saturated carbocycles. The lowest BCUT2D eigenvalue weighted by Crippen LogP contribution is -2.31. The van der Waals surface area contributed by atoms with Crippen molar-refractivity contribution in [1.82, 2.24) is 0 Å². The van der Waals surface area contributed by atoms with Gasteiger partial charge in [0.05, 0.1) is 5.60 Å². The number of rotatable bonds is 5. The predicted molar refractivity (Wildman–Crippen MR) is 61.3 cm³/mol. The molecule has 0 aliphatic heterocycles. The summed E-state index contributed by atoms with van der Waals surface area (Å²) in [6.07, 6.45) is 10.7. The highest BCUT2D eigenvalue weighted by atomic mass is 16.3. The first-order chi connectivity index (χ1) is 6.66. The molecule has 1 rings (SSSR count). The smallest absolute Gasteiger partial charge is 0.0648 e. The highest BCUT2D eigenvalue weighted by Crippen LogP contribution is 2.33. The van der Waals surface area contributed by atoms with E-state index in [-0.39, 0.29) is 5.60 Å². The van der Waals surface area contributed by atoms with E-state index in [0.29, 0.717) is 0 Å². The Kier molecular flexibility index (Phi) is 4.94. The largest absolute Gasteiger partial charge is 0.390 e. The zero-order chi connectivity index (χ0) is 10.4. The maximum atomic E-state index is 10.3. The molecule has 84 valence electrons. The molecule has 0 aromatic heterocycles. The Labute approximate surface area is 88.9 Å². The van der Waals surface area contributed by atoms with Crippen molar-refractivity contribution in [2.75, 3.05) is 0 Å². The lowest BCUT2D eigenvalue weighted by molar-refractivity contribution is -0.00866. The van der Waals surface area contributed by atoms with Gasteiger partial charge in [-0.3, -0.25) is 0 Å². The van der Waals surface area contributed by atoms with E-state index in [1.54, 1.807) is 0 Å². The molecule has 0 aromatic rings.